The smallest absolute Gasteiger partial charge is 0.144 e. The van der Waals surface area contributed by atoms with E-state index < -0.39 is 0 Å². The Hall–Kier alpha value is -2.40. The molecular formula is C15H17N5. The summed E-state index contributed by atoms with van der Waals surface area (Å²) in [7, 11) is 2.06. The molecular weight excluding hydrogens is 250 g/mol. The van der Waals surface area contributed by atoms with Crippen LogP contribution in [0.15, 0.2) is 42.7 Å². The molecule has 0 atom stereocenters. The number of para-hydroxylation sites is 1. The van der Waals surface area contributed by atoms with Crippen LogP contribution in [-0.4, -0.2) is 14.5 Å². The van der Waals surface area contributed by atoms with E-state index in [1.807, 2.05) is 6.07 Å². The number of aryl methyl sites for hydroxylation is 1. The molecule has 20 heavy (non-hydrogen) atoms. The Morgan fingerprint density at radius 3 is 2.95 bits per heavy atom. The molecule has 2 heterocycles. The highest BCUT2D eigenvalue weighted by molar-refractivity contribution is 5.84. The van der Waals surface area contributed by atoms with Crippen LogP contribution in [0.5, 0.6) is 0 Å². The van der Waals surface area contributed by atoms with Gasteiger partial charge in [-0.2, -0.15) is 0 Å². The van der Waals surface area contributed by atoms with Crippen LogP contribution in [0.4, 0.5) is 5.82 Å². The average Bonchev–Trinajstić information content (AvgIpc) is 2.82. The fourth-order valence-electron chi connectivity index (χ4n) is 2.35. The minimum Gasteiger partial charge on any atom is -0.366 e. The third kappa shape index (κ3) is 2.35. The Morgan fingerprint density at radius 1 is 1.25 bits per heavy atom. The lowest BCUT2D eigenvalue weighted by Crippen LogP contribution is -2.06. The topological polar surface area (TPSA) is 68.8 Å². The van der Waals surface area contributed by atoms with Gasteiger partial charge in [0.15, 0.2) is 0 Å². The molecule has 3 rings (SSSR count). The van der Waals surface area contributed by atoms with Crippen LogP contribution in [0.1, 0.15) is 11.4 Å². The Kier molecular flexibility index (Phi) is 3.35. The lowest BCUT2D eigenvalue weighted by atomic mass is 10.2. The van der Waals surface area contributed by atoms with Crippen molar-refractivity contribution in [1.82, 2.24) is 14.5 Å². The van der Waals surface area contributed by atoms with Crippen molar-refractivity contribution in [1.29, 1.82) is 0 Å². The molecule has 5 heteroatoms. The predicted octanol–water partition coefficient (Wildman–Crippen LogP) is 2.04. The fraction of sp³-hybridized carbons (Fsp3) is 0.200. The largest absolute Gasteiger partial charge is 0.366 e. The van der Waals surface area contributed by atoms with Gasteiger partial charge in [0.05, 0.1) is 6.54 Å². The summed E-state index contributed by atoms with van der Waals surface area (Å²) in [6.45, 7) is 1.08. The molecule has 0 saturated carbocycles. The van der Waals surface area contributed by atoms with Gasteiger partial charge >= 0.3 is 0 Å². The Bertz CT molecular complexity index is 732. The fourth-order valence-corrected chi connectivity index (χ4v) is 2.35. The third-order valence-electron chi connectivity index (χ3n) is 3.33. The third-order valence-corrected chi connectivity index (χ3v) is 3.33. The first-order valence-electron chi connectivity index (χ1n) is 6.56. The monoisotopic (exact) mass is 267 g/mol. The van der Waals surface area contributed by atoms with Crippen molar-refractivity contribution >= 4 is 16.7 Å². The lowest BCUT2D eigenvalue weighted by Gasteiger charge is -2.05. The molecule has 2 aromatic heterocycles. The van der Waals surface area contributed by atoms with Gasteiger partial charge in [-0.15, -0.1) is 0 Å². The molecule has 0 unspecified atom stereocenters. The highest BCUT2D eigenvalue weighted by Crippen LogP contribution is 2.20. The standard InChI is InChI=1S/C15H17N5/c1-20-10-11(12-4-2-3-5-13(12)20)9-18-14-6-7-17-15(8-16)19-14/h2-7,10H,8-9,16H2,1H3,(H,17,18,19). The van der Waals surface area contributed by atoms with Gasteiger partial charge in [-0.25, -0.2) is 9.97 Å². The van der Waals surface area contributed by atoms with Gasteiger partial charge < -0.3 is 15.6 Å². The molecule has 3 aromatic rings. The van der Waals surface area contributed by atoms with Gasteiger partial charge in [0, 0.05) is 36.9 Å². The van der Waals surface area contributed by atoms with Crippen LogP contribution in [0.2, 0.25) is 0 Å². The number of nitrogens with two attached hydrogens (primary N) is 1. The summed E-state index contributed by atoms with van der Waals surface area (Å²) >= 11 is 0. The molecule has 3 N–H and O–H groups in total. The average molecular weight is 267 g/mol. The van der Waals surface area contributed by atoms with Gasteiger partial charge in [-0.1, -0.05) is 18.2 Å². The molecule has 0 radical (unpaired) electrons. The molecule has 0 spiro atoms. The summed E-state index contributed by atoms with van der Waals surface area (Å²) in [5.74, 6) is 1.45. The molecule has 0 fully saturated rings. The predicted molar refractivity (Wildman–Crippen MR) is 80.2 cm³/mol. The van der Waals surface area contributed by atoms with Crippen LogP contribution in [0.25, 0.3) is 10.9 Å². The van der Waals surface area contributed by atoms with Crippen LogP contribution < -0.4 is 11.1 Å². The van der Waals surface area contributed by atoms with Crippen molar-refractivity contribution in [3.8, 4) is 0 Å². The Labute approximate surface area is 117 Å². The zero-order chi connectivity index (χ0) is 13.9. The second-order valence-corrected chi connectivity index (χ2v) is 4.70. The second kappa shape index (κ2) is 5.30. The van der Waals surface area contributed by atoms with Crippen molar-refractivity contribution in [3.05, 3.63) is 54.1 Å². The minimum absolute atomic E-state index is 0.351. The van der Waals surface area contributed by atoms with Crippen LogP contribution >= 0.6 is 0 Å². The van der Waals surface area contributed by atoms with E-state index in [1.54, 1.807) is 6.20 Å². The van der Waals surface area contributed by atoms with Crippen molar-refractivity contribution in [2.45, 2.75) is 13.1 Å². The number of hydrogen-bond acceptors (Lipinski definition) is 4. The van der Waals surface area contributed by atoms with Crippen molar-refractivity contribution in [2.24, 2.45) is 12.8 Å². The van der Waals surface area contributed by atoms with Crippen molar-refractivity contribution < 1.29 is 0 Å². The highest BCUT2D eigenvalue weighted by Gasteiger charge is 2.06. The first-order valence-corrected chi connectivity index (χ1v) is 6.56. The molecule has 0 aliphatic heterocycles. The molecule has 0 amide bonds. The molecule has 102 valence electrons. The molecule has 0 aliphatic carbocycles. The maximum absolute atomic E-state index is 5.55. The number of anilines is 1. The summed E-state index contributed by atoms with van der Waals surface area (Å²) in [5.41, 5.74) is 8.03. The number of rotatable bonds is 4. The molecule has 0 saturated heterocycles. The summed E-state index contributed by atoms with van der Waals surface area (Å²) in [6, 6.07) is 10.2. The molecule has 1 aromatic carbocycles. The van der Waals surface area contributed by atoms with Crippen LogP contribution in [-0.2, 0) is 20.1 Å². The first-order chi connectivity index (χ1) is 9.78. The molecule has 0 bridgehead atoms. The van der Waals surface area contributed by atoms with Crippen molar-refractivity contribution in [2.75, 3.05) is 5.32 Å². The quantitative estimate of drug-likeness (QED) is 0.759. The van der Waals surface area contributed by atoms with Gasteiger partial charge in [0.2, 0.25) is 0 Å². The van der Waals surface area contributed by atoms with Crippen LogP contribution in [0.3, 0.4) is 0 Å². The summed E-state index contributed by atoms with van der Waals surface area (Å²) in [5, 5.41) is 4.58. The normalized spacial score (nSPS) is 10.9. The number of nitrogens with zero attached hydrogens (tertiary/aromatic N) is 3. The van der Waals surface area contributed by atoms with Crippen molar-refractivity contribution in [3.63, 3.8) is 0 Å². The van der Waals surface area contributed by atoms with Gasteiger partial charge in [-0.05, 0) is 17.7 Å². The summed E-state index contributed by atoms with van der Waals surface area (Å²) in [4.78, 5) is 8.43. The number of nitrogens with one attached hydrogen (secondary N) is 1. The van der Waals surface area contributed by atoms with Gasteiger partial charge in [0.25, 0.3) is 0 Å². The van der Waals surface area contributed by atoms with Crippen LogP contribution in [0, 0.1) is 0 Å². The van der Waals surface area contributed by atoms with E-state index in [-0.39, 0.29) is 0 Å². The van der Waals surface area contributed by atoms with Gasteiger partial charge in [0.1, 0.15) is 11.6 Å². The zero-order valence-electron chi connectivity index (χ0n) is 11.4. The SMILES string of the molecule is Cn1cc(CNc2ccnc(CN)n2)c2ccccc21. The van der Waals surface area contributed by atoms with E-state index in [4.69, 9.17) is 5.73 Å². The van der Waals surface area contributed by atoms with E-state index in [0.29, 0.717) is 12.4 Å². The summed E-state index contributed by atoms with van der Waals surface area (Å²) < 4.78 is 2.14. The number of hydrogen-bond donors (Lipinski definition) is 2. The number of aromatic nitrogens is 3. The summed E-state index contributed by atoms with van der Waals surface area (Å²) in [6.07, 6.45) is 3.86. The lowest BCUT2D eigenvalue weighted by molar-refractivity contribution is 0.903. The second-order valence-electron chi connectivity index (χ2n) is 4.70. The number of benzene rings is 1. The van der Waals surface area contributed by atoms with E-state index in [9.17, 15) is 0 Å². The Morgan fingerprint density at radius 2 is 2.10 bits per heavy atom. The highest BCUT2D eigenvalue weighted by atomic mass is 15.0. The maximum atomic E-state index is 5.55. The zero-order valence-corrected chi connectivity index (χ0v) is 11.4. The number of fused-ring (bicyclic) bond motifs is 1. The Balaban J connectivity index is 1.83. The van der Waals surface area contributed by atoms with E-state index in [2.05, 4.69) is 57.4 Å². The molecule has 5 nitrogen and oxygen atoms in total. The first kappa shape index (κ1) is 12.6. The molecule has 0 aliphatic rings. The maximum Gasteiger partial charge on any atom is 0.144 e. The van der Waals surface area contributed by atoms with E-state index >= 15 is 0 Å². The van der Waals surface area contributed by atoms with E-state index in [0.717, 1.165) is 12.4 Å². The van der Waals surface area contributed by atoms with Gasteiger partial charge in [-0.3, -0.25) is 0 Å². The minimum atomic E-state index is 0.351. The van der Waals surface area contributed by atoms with E-state index in [1.165, 1.54) is 16.5 Å².